The number of amides is 1. The summed E-state index contributed by atoms with van der Waals surface area (Å²) in [5.41, 5.74) is 2.39. The molecule has 1 heterocycles. The van der Waals surface area contributed by atoms with Crippen LogP contribution in [0.5, 0.6) is 5.75 Å². The van der Waals surface area contributed by atoms with Crippen molar-refractivity contribution in [2.45, 2.75) is 19.1 Å². The molecule has 1 aliphatic heterocycles. The highest BCUT2D eigenvalue weighted by Crippen LogP contribution is 2.21. The summed E-state index contributed by atoms with van der Waals surface area (Å²) in [5.74, 6) is -1.05. The molecule has 3 aromatic carbocycles. The first-order valence-electron chi connectivity index (χ1n) is 10.2. The van der Waals surface area contributed by atoms with Crippen LogP contribution in [0.2, 0.25) is 0 Å². The standard InChI is InChI=1S/C25H22F2N2O3/c1-31-21-11-8-18(9-12-21)25(30)29(15-19-7-10-20(26)13-23(19)27)16-22-14-24(28-32-22)17-5-3-2-4-6-17/h2-13,22H,14-16H2,1H3. The van der Waals surface area contributed by atoms with Gasteiger partial charge in [-0.1, -0.05) is 41.6 Å². The van der Waals surface area contributed by atoms with Gasteiger partial charge in [-0.25, -0.2) is 8.78 Å². The van der Waals surface area contributed by atoms with Gasteiger partial charge in [0, 0.05) is 30.2 Å². The van der Waals surface area contributed by atoms with E-state index in [1.165, 1.54) is 17.0 Å². The van der Waals surface area contributed by atoms with E-state index in [1.807, 2.05) is 30.3 Å². The molecule has 0 fully saturated rings. The average molecular weight is 436 g/mol. The number of oxime groups is 1. The molecular weight excluding hydrogens is 414 g/mol. The Labute approximate surface area is 184 Å². The van der Waals surface area contributed by atoms with Gasteiger partial charge in [0.15, 0.2) is 6.10 Å². The summed E-state index contributed by atoms with van der Waals surface area (Å²) < 4.78 is 32.8. The van der Waals surface area contributed by atoms with E-state index in [2.05, 4.69) is 5.16 Å². The smallest absolute Gasteiger partial charge is 0.254 e. The number of hydrogen-bond acceptors (Lipinski definition) is 4. The van der Waals surface area contributed by atoms with Crippen LogP contribution in [-0.4, -0.2) is 36.3 Å². The Hall–Kier alpha value is -3.74. The number of ether oxygens (including phenoxy) is 1. The number of carbonyl (C=O) groups excluding carboxylic acids is 1. The Kier molecular flexibility index (Phi) is 6.44. The predicted octanol–water partition coefficient (Wildman–Crippen LogP) is 4.81. The van der Waals surface area contributed by atoms with Gasteiger partial charge < -0.3 is 14.5 Å². The van der Waals surface area contributed by atoms with Crippen molar-refractivity contribution in [3.05, 3.63) is 101 Å². The lowest BCUT2D eigenvalue weighted by Gasteiger charge is -2.25. The maximum Gasteiger partial charge on any atom is 0.254 e. The fourth-order valence-corrected chi connectivity index (χ4v) is 3.56. The molecule has 32 heavy (non-hydrogen) atoms. The summed E-state index contributed by atoms with van der Waals surface area (Å²) in [5, 5.41) is 4.17. The first kappa shape index (κ1) is 21.5. The number of halogens is 2. The number of nitrogens with zero attached hydrogens (tertiary/aromatic N) is 2. The van der Waals surface area contributed by atoms with E-state index in [0.717, 1.165) is 17.3 Å². The van der Waals surface area contributed by atoms with Gasteiger partial charge in [-0.05, 0) is 35.9 Å². The number of hydrogen-bond donors (Lipinski definition) is 0. The van der Waals surface area contributed by atoms with Crippen molar-refractivity contribution in [2.75, 3.05) is 13.7 Å². The van der Waals surface area contributed by atoms with Gasteiger partial charge in [0.05, 0.1) is 19.4 Å². The van der Waals surface area contributed by atoms with Gasteiger partial charge in [-0.15, -0.1) is 0 Å². The predicted molar refractivity (Wildman–Crippen MR) is 117 cm³/mol. The van der Waals surface area contributed by atoms with Gasteiger partial charge >= 0.3 is 0 Å². The third-order valence-electron chi connectivity index (χ3n) is 5.26. The third kappa shape index (κ3) is 4.94. The first-order valence-corrected chi connectivity index (χ1v) is 10.2. The van der Waals surface area contributed by atoms with Crippen molar-refractivity contribution in [3.8, 4) is 5.75 Å². The summed E-state index contributed by atoms with van der Waals surface area (Å²) in [4.78, 5) is 20.3. The van der Waals surface area contributed by atoms with E-state index < -0.39 is 11.6 Å². The van der Waals surface area contributed by atoms with Crippen molar-refractivity contribution in [1.82, 2.24) is 4.90 Å². The maximum absolute atomic E-state index is 14.3. The Bertz CT molecular complexity index is 1120. The summed E-state index contributed by atoms with van der Waals surface area (Å²) in [7, 11) is 1.54. The summed E-state index contributed by atoms with van der Waals surface area (Å²) in [6.07, 6.45) is 0.137. The molecule has 3 aromatic rings. The second-order valence-electron chi connectivity index (χ2n) is 7.49. The first-order chi connectivity index (χ1) is 15.5. The number of methoxy groups -OCH3 is 1. The molecule has 0 saturated heterocycles. The van der Waals surface area contributed by atoms with Crippen molar-refractivity contribution >= 4 is 11.6 Å². The molecule has 0 aliphatic carbocycles. The van der Waals surface area contributed by atoms with Gasteiger partial charge in [0.2, 0.25) is 0 Å². The Morgan fingerprint density at radius 3 is 2.53 bits per heavy atom. The molecule has 0 saturated carbocycles. The van der Waals surface area contributed by atoms with Crippen LogP contribution >= 0.6 is 0 Å². The van der Waals surface area contributed by atoms with Crippen LogP contribution in [0.3, 0.4) is 0 Å². The highest BCUT2D eigenvalue weighted by molar-refractivity contribution is 6.01. The lowest BCUT2D eigenvalue weighted by Crippen LogP contribution is -2.37. The van der Waals surface area contributed by atoms with E-state index in [9.17, 15) is 13.6 Å². The lowest BCUT2D eigenvalue weighted by atomic mass is 10.0. The molecule has 5 nitrogen and oxygen atoms in total. The molecular formula is C25H22F2N2O3. The molecule has 1 amide bonds. The molecule has 0 bridgehead atoms. The molecule has 1 atom stereocenters. The Morgan fingerprint density at radius 2 is 1.84 bits per heavy atom. The largest absolute Gasteiger partial charge is 0.497 e. The van der Waals surface area contributed by atoms with Crippen LogP contribution in [0.15, 0.2) is 78.0 Å². The van der Waals surface area contributed by atoms with E-state index in [-0.39, 0.29) is 30.7 Å². The summed E-state index contributed by atoms with van der Waals surface area (Å²) in [6.45, 7) is 0.166. The monoisotopic (exact) mass is 436 g/mol. The molecule has 1 unspecified atom stereocenters. The molecule has 4 rings (SSSR count). The van der Waals surface area contributed by atoms with E-state index in [4.69, 9.17) is 9.57 Å². The van der Waals surface area contributed by atoms with Crippen LogP contribution in [0.1, 0.15) is 27.9 Å². The Balaban J connectivity index is 1.53. The van der Waals surface area contributed by atoms with Gasteiger partial charge in [0.1, 0.15) is 17.4 Å². The number of benzene rings is 3. The lowest BCUT2D eigenvalue weighted by molar-refractivity contribution is 0.0403. The fraction of sp³-hybridized carbons (Fsp3) is 0.200. The normalized spacial score (nSPS) is 15.1. The molecule has 0 spiro atoms. The summed E-state index contributed by atoms with van der Waals surface area (Å²) in [6, 6.07) is 19.7. The zero-order valence-corrected chi connectivity index (χ0v) is 17.5. The quantitative estimate of drug-likeness (QED) is 0.534. The molecule has 0 radical (unpaired) electrons. The molecule has 7 heteroatoms. The average Bonchev–Trinajstić information content (AvgIpc) is 3.29. The van der Waals surface area contributed by atoms with Crippen LogP contribution in [0.4, 0.5) is 8.78 Å². The number of carbonyl (C=O) groups is 1. The van der Waals surface area contributed by atoms with Crippen molar-refractivity contribution < 1.29 is 23.1 Å². The van der Waals surface area contributed by atoms with Crippen molar-refractivity contribution in [1.29, 1.82) is 0 Å². The van der Waals surface area contributed by atoms with E-state index in [0.29, 0.717) is 17.7 Å². The second kappa shape index (κ2) is 9.60. The second-order valence-corrected chi connectivity index (χ2v) is 7.49. The zero-order valence-electron chi connectivity index (χ0n) is 17.5. The molecule has 1 aliphatic rings. The van der Waals surface area contributed by atoms with Crippen LogP contribution in [0, 0.1) is 11.6 Å². The highest BCUT2D eigenvalue weighted by atomic mass is 19.1. The van der Waals surface area contributed by atoms with Gasteiger partial charge in [-0.2, -0.15) is 0 Å². The van der Waals surface area contributed by atoms with Crippen molar-refractivity contribution in [3.63, 3.8) is 0 Å². The van der Waals surface area contributed by atoms with Crippen LogP contribution in [0.25, 0.3) is 0 Å². The van der Waals surface area contributed by atoms with Crippen molar-refractivity contribution in [2.24, 2.45) is 5.16 Å². The van der Waals surface area contributed by atoms with E-state index >= 15 is 0 Å². The Morgan fingerprint density at radius 1 is 1.09 bits per heavy atom. The minimum Gasteiger partial charge on any atom is -0.497 e. The van der Waals surface area contributed by atoms with Crippen LogP contribution < -0.4 is 4.74 Å². The molecule has 0 N–H and O–H groups in total. The SMILES string of the molecule is COc1ccc(C(=O)N(Cc2ccc(F)cc2F)CC2CC(c3ccccc3)=NO2)cc1. The van der Waals surface area contributed by atoms with Crippen LogP contribution in [-0.2, 0) is 11.4 Å². The minimum absolute atomic E-state index is 0.0303. The topological polar surface area (TPSA) is 51.1 Å². The van der Waals surface area contributed by atoms with Gasteiger partial charge in [-0.3, -0.25) is 4.79 Å². The maximum atomic E-state index is 14.3. The minimum atomic E-state index is -0.703. The van der Waals surface area contributed by atoms with E-state index in [1.54, 1.807) is 31.4 Å². The third-order valence-corrected chi connectivity index (χ3v) is 5.26. The fourth-order valence-electron chi connectivity index (χ4n) is 3.56. The zero-order chi connectivity index (χ0) is 22.5. The summed E-state index contributed by atoms with van der Waals surface area (Å²) >= 11 is 0. The molecule has 164 valence electrons. The molecule has 0 aromatic heterocycles. The number of rotatable bonds is 7. The highest BCUT2D eigenvalue weighted by Gasteiger charge is 2.28. The van der Waals surface area contributed by atoms with Gasteiger partial charge in [0.25, 0.3) is 5.91 Å².